The minimum atomic E-state index is -0.330. The number of benzene rings is 1. The highest BCUT2D eigenvalue weighted by Gasteiger charge is 2.44. The smallest absolute Gasteiger partial charge is 0.170 e. The molecule has 2 aliphatic rings. The molecule has 2 bridgehead atoms. The predicted molar refractivity (Wildman–Crippen MR) is 88.1 cm³/mol. The Labute approximate surface area is 142 Å². The fourth-order valence-electron chi connectivity index (χ4n) is 4.06. The first-order valence-corrected chi connectivity index (χ1v) is 8.34. The molecule has 2 aliphatic heterocycles. The van der Waals surface area contributed by atoms with Crippen LogP contribution in [0.25, 0.3) is 11.0 Å². The first-order chi connectivity index (χ1) is 12.2. The lowest BCUT2D eigenvalue weighted by Gasteiger charge is -2.34. The molecule has 5 nitrogen and oxygen atoms in total. The van der Waals surface area contributed by atoms with Crippen LogP contribution in [-0.4, -0.2) is 40.2 Å². The molecule has 0 amide bonds. The Morgan fingerprint density at radius 3 is 2.88 bits per heavy atom. The van der Waals surface area contributed by atoms with E-state index in [1.165, 1.54) is 18.2 Å². The van der Waals surface area contributed by atoms with E-state index in [9.17, 15) is 8.78 Å². The zero-order valence-corrected chi connectivity index (χ0v) is 13.4. The molecule has 2 atom stereocenters. The Kier molecular flexibility index (Phi) is 3.24. The van der Waals surface area contributed by atoms with Gasteiger partial charge in [-0.2, -0.15) is 0 Å². The summed E-state index contributed by atoms with van der Waals surface area (Å²) in [6.07, 6.45) is 2.61. The van der Waals surface area contributed by atoms with E-state index in [0.29, 0.717) is 24.0 Å². The molecule has 0 spiro atoms. The van der Waals surface area contributed by atoms with Crippen molar-refractivity contribution in [2.75, 3.05) is 18.0 Å². The van der Waals surface area contributed by atoms with Gasteiger partial charge in [0.1, 0.15) is 11.5 Å². The van der Waals surface area contributed by atoms with E-state index in [0.717, 1.165) is 30.6 Å². The van der Waals surface area contributed by atoms with Gasteiger partial charge in [0, 0.05) is 49.4 Å². The van der Waals surface area contributed by atoms with Gasteiger partial charge in [-0.1, -0.05) is 5.16 Å². The summed E-state index contributed by atoms with van der Waals surface area (Å²) in [6.45, 7) is 2.23. The Morgan fingerprint density at radius 1 is 1.16 bits per heavy atom. The molecular formula is C18H16F2N4O. The van der Waals surface area contributed by atoms with Crippen molar-refractivity contribution >= 4 is 16.8 Å². The molecule has 2 unspecified atom stereocenters. The van der Waals surface area contributed by atoms with Gasteiger partial charge in [-0.05, 0) is 30.7 Å². The molecule has 2 saturated heterocycles. The number of hydrogen-bond donors (Lipinski definition) is 0. The number of rotatable bonds is 3. The zero-order valence-electron chi connectivity index (χ0n) is 13.4. The van der Waals surface area contributed by atoms with Crippen LogP contribution in [0.15, 0.2) is 41.1 Å². The average molecular weight is 342 g/mol. The fourth-order valence-corrected chi connectivity index (χ4v) is 4.06. The fraction of sp³-hybridized carbons (Fsp3) is 0.333. The number of pyridine rings is 1. The molecule has 0 aliphatic carbocycles. The predicted octanol–water partition coefficient (Wildman–Crippen LogP) is 2.96. The van der Waals surface area contributed by atoms with Crippen LogP contribution >= 0.6 is 0 Å². The zero-order chi connectivity index (χ0) is 17.0. The Bertz CT molecular complexity index is 944. The van der Waals surface area contributed by atoms with Crippen molar-refractivity contribution < 1.29 is 13.3 Å². The van der Waals surface area contributed by atoms with E-state index >= 15 is 0 Å². The first kappa shape index (κ1) is 14.8. The van der Waals surface area contributed by atoms with Crippen molar-refractivity contribution in [3.8, 4) is 0 Å². The minimum absolute atomic E-state index is 0.255. The molecule has 0 N–H and O–H groups in total. The molecule has 25 heavy (non-hydrogen) atoms. The van der Waals surface area contributed by atoms with Crippen molar-refractivity contribution in [2.45, 2.75) is 25.0 Å². The van der Waals surface area contributed by atoms with Gasteiger partial charge in [0.25, 0.3) is 0 Å². The maximum Gasteiger partial charge on any atom is 0.170 e. The maximum absolute atomic E-state index is 14.0. The van der Waals surface area contributed by atoms with Crippen molar-refractivity contribution in [1.82, 2.24) is 15.0 Å². The lowest BCUT2D eigenvalue weighted by molar-refractivity contribution is 0.224. The van der Waals surface area contributed by atoms with E-state index in [1.807, 2.05) is 0 Å². The van der Waals surface area contributed by atoms with Gasteiger partial charge in [-0.25, -0.2) is 13.8 Å². The number of likely N-dealkylation sites (tertiary alicyclic amines) is 1. The molecular weight excluding hydrogens is 326 g/mol. The summed E-state index contributed by atoms with van der Waals surface area (Å²) in [5.74, 6) is -0.161. The van der Waals surface area contributed by atoms with Crippen molar-refractivity contribution in [3.05, 3.63) is 53.9 Å². The topological polar surface area (TPSA) is 45.4 Å². The van der Waals surface area contributed by atoms with E-state index in [2.05, 4.69) is 19.9 Å². The van der Waals surface area contributed by atoms with Crippen LogP contribution in [-0.2, 0) is 6.54 Å². The number of anilines is 1. The van der Waals surface area contributed by atoms with Crippen molar-refractivity contribution in [1.29, 1.82) is 0 Å². The third kappa shape index (κ3) is 2.38. The lowest BCUT2D eigenvalue weighted by atomic mass is 10.2. The number of aromatic nitrogens is 2. The second-order valence-electron chi connectivity index (χ2n) is 6.70. The number of piperazine rings is 1. The Morgan fingerprint density at radius 2 is 2.08 bits per heavy atom. The van der Waals surface area contributed by atoms with E-state index in [4.69, 9.17) is 4.52 Å². The number of halogens is 2. The molecule has 128 valence electrons. The normalized spacial score (nSPS) is 23.0. The Hall–Kier alpha value is -2.54. The van der Waals surface area contributed by atoms with Gasteiger partial charge in [0.05, 0.1) is 0 Å². The number of nitrogens with zero attached hydrogens (tertiary/aromatic N) is 4. The largest absolute Gasteiger partial charge is 0.356 e. The quantitative estimate of drug-likeness (QED) is 0.732. The van der Waals surface area contributed by atoms with Gasteiger partial charge in [0.15, 0.2) is 17.2 Å². The minimum Gasteiger partial charge on any atom is -0.356 e. The number of hydrogen-bond acceptors (Lipinski definition) is 5. The summed E-state index contributed by atoms with van der Waals surface area (Å²) in [5.41, 5.74) is 1.29. The van der Waals surface area contributed by atoms with E-state index in [1.54, 1.807) is 18.3 Å². The van der Waals surface area contributed by atoms with E-state index < -0.39 is 0 Å². The third-order valence-electron chi connectivity index (χ3n) is 5.23. The second kappa shape index (κ2) is 5.49. The van der Waals surface area contributed by atoms with Crippen LogP contribution in [0.5, 0.6) is 0 Å². The highest BCUT2D eigenvalue weighted by Crippen LogP contribution is 2.36. The van der Waals surface area contributed by atoms with Crippen LogP contribution in [0, 0.1) is 11.6 Å². The third-order valence-corrected chi connectivity index (χ3v) is 5.23. The van der Waals surface area contributed by atoms with Gasteiger partial charge in [-0.3, -0.25) is 4.90 Å². The van der Waals surface area contributed by atoms with Crippen LogP contribution in [0.4, 0.5) is 14.6 Å². The van der Waals surface area contributed by atoms with Crippen LogP contribution in [0.1, 0.15) is 12.1 Å². The molecule has 2 aromatic heterocycles. The standard InChI is InChI=1S/C18H16F2N4O/c19-11-3-4-14-16(22-25-17(14)6-11)10-23-8-13-7-12(23)9-24(13)18-15(20)2-1-5-21-18/h1-6,12-13H,7-10H2. The molecule has 0 radical (unpaired) electrons. The highest BCUT2D eigenvalue weighted by atomic mass is 19.1. The van der Waals surface area contributed by atoms with Gasteiger partial charge in [-0.15, -0.1) is 0 Å². The van der Waals surface area contributed by atoms with E-state index in [-0.39, 0.29) is 17.7 Å². The summed E-state index contributed by atoms with van der Waals surface area (Å²) in [7, 11) is 0. The number of fused-ring (bicyclic) bond motifs is 3. The second-order valence-corrected chi connectivity index (χ2v) is 6.70. The molecule has 3 aromatic rings. The maximum atomic E-state index is 14.0. The van der Waals surface area contributed by atoms with Crippen LogP contribution in [0.2, 0.25) is 0 Å². The summed E-state index contributed by atoms with van der Waals surface area (Å²) in [6, 6.07) is 8.13. The molecule has 4 heterocycles. The first-order valence-electron chi connectivity index (χ1n) is 8.34. The molecule has 1 aromatic carbocycles. The molecule has 7 heteroatoms. The summed E-state index contributed by atoms with van der Waals surface area (Å²) < 4.78 is 32.5. The Balaban J connectivity index is 1.35. The lowest BCUT2D eigenvalue weighted by Crippen LogP contribution is -2.46. The van der Waals surface area contributed by atoms with Crippen molar-refractivity contribution in [2.24, 2.45) is 0 Å². The molecule has 0 saturated carbocycles. The van der Waals surface area contributed by atoms with Crippen LogP contribution in [0.3, 0.4) is 0 Å². The van der Waals surface area contributed by atoms with Gasteiger partial charge < -0.3 is 9.42 Å². The highest BCUT2D eigenvalue weighted by molar-refractivity contribution is 5.79. The SMILES string of the molecule is Fc1ccc2c(CN3CC4CC3CN4c3ncccc3F)noc2c1. The van der Waals surface area contributed by atoms with Crippen molar-refractivity contribution in [3.63, 3.8) is 0 Å². The molecule has 5 rings (SSSR count). The van der Waals surface area contributed by atoms with Crippen LogP contribution < -0.4 is 4.90 Å². The molecule has 2 fully saturated rings. The average Bonchev–Trinajstić information content (AvgIpc) is 3.30. The van der Waals surface area contributed by atoms with Gasteiger partial charge in [0.2, 0.25) is 0 Å². The summed E-state index contributed by atoms with van der Waals surface area (Å²) in [4.78, 5) is 8.60. The summed E-state index contributed by atoms with van der Waals surface area (Å²) >= 11 is 0. The van der Waals surface area contributed by atoms with Gasteiger partial charge >= 0.3 is 0 Å². The monoisotopic (exact) mass is 342 g/mol. The summed E-state index contributed by atoms with van der Waals surface area (Å²) in [5, 5.41) is 4.95.